The van der Waals surface area contributed by atoms with E-state index in [1.54, 1.807) is 0 Å². The second-order valence-corrected chi connectivity index (χ2v) is 6.08. The molecule has 1 aromatic carbocycles. The molecule has 0 aromatic heterocycles. The van der Waals surface area contributed by atoms with Gasteiger partial charge in [0.2, 0.25) is 0 Å². The predicted molar refractivity (Wildman–Crippen MR) is 78.4 cm³/mol. The van der Waals surface area contributed by atoms with Crippen LogP contribution in [0.15, 0.2) is 22.7 Å². The molecule has 102 valence electrons. The van der Waals surface area contributed by atoms with Crippen LogP contribution in [0.2, 0.25) is 0 Å². The van der Waals surface area contributed by atoms with Crippen LogP contribution < -0.4 is 5.73 Å². The maximum atomic E-state index is 13.1. The Labute approximate surface area is 122 Å². The molecule has 1 aliphatic heterocycles. The lowest BCUT2D eigenvalue weighted by Gasteiger charge is -2.22. The normalized spacial score (nSPS) is 24.0. The Morgan fingerprint density at radius 2 is 2.22 bits per heavy atom. The average molecular weight is 338 g/mol. The standard InChI is InChI=1S/C13H18BrFN2.ClH/c1-13(8-16)4-5-17(9-13)7-10-2-3-12(15)11(14)6-10;/h2-3,6H,4-5,7-9,16H2,1H3;1H. The minimum Gasteiger partial charge on any atom is -0.330 e. The van der Waals surface area contributed by atoms with Crippen LogP contribution in [0.25, 0.3) is 0 Å². The molecule has 0 amide bonds. The van der Waals surface area contributed by atoms with E-state index in [1.165, 1.54) is 6.07 Å². The Balaban J connectivity index is 0.00000162. The number of halogens is 3. The van der Waals surface area contributed by atoms with Gasteiger partial charge in [-0.15, -0.1) is 12.4 Å². The Bertz CT molecular complexity index is 416. The van der Waals surface area contributed by atoms with E-state index in [1.807, 2.05) is 12.1 Å². The molecular weight excluding hydrogens is 319 g/mol. The van der Waals surface area contributed by atoms with Crippen molar-refractivity contribution in [3.63, 3.8) is 0 Å². The van der Waals surface area contributed by atoms with E-state index in [9.17, 15) is 4.39 Å². The van der Waals surface area contributed by atoms with E-state index < -0.39 is 0 Å². The van der Waals surface area contributed by atoms with Gasteiger partial charge in [0.05, 0.1) is 4.47 Å². The largest absolute Gasteiger partial charge is 0.330 e. The first kappa shape index (κ1) is 15.9. The molecule has 0 bridgehead atoms. The molecule has 1 atom stereocenters. The molecule has 1 heterocycles. The van der Waals surface area contributed by atoms with E-state index in [4.69, 9.17) is 5.73 Å². The van der Waals surface area contributed by atoms with Gasteiger partial charge in [-0.25, -0.2) is 4.39 Å². The molecule has 0 saturated carbocycles. The summed E-state index contributed by atoms with van der Waals surface area (Å²) in [6.45, 7) is 5.93. The fraction of sp³-hybridized carbons (Fsp3) is 0.538. The summed E-state index contributed by atoms with van der Waals surface area (Å²) in [4.78, 5) is 2.38. The summed E-state index contributed by atoms with van der Waals surface area (Å²) in [6.07, 6.45) is 1.14. The summed E-state index contributed by atoms with van der Waals surface area (Å²) in [6, 6.07) is 5.21. The minimum absolute atomic E-state index is 0. The minimum atomic E-state index is -0.207. The van der Waals surface area contributed by atoms with E-state index in [0.29, 0.717) is 4.47 Å². The second-order valence-electron chi connectivity index (χ2n) is 5.22. The van der Waals surface area contributed by atoms with Gasteiger partial charge < -0.3 is 5.73 Å². The predicted octanol–water partition coefficient (Wildman–Crippen LogP) is 3.18. The molecule has 1 aliphatic rings. The third kappa shape index (κ3) is 3.67. The summed E-state index contributed by atoms with van der Waals surface area (Å²) in [5, 5.41) is 0. The van der Waals surface area contributed by atoms with Crippen LogP contribution in [0.3, 0.4) is 0 Å². The molecule has 1 saturated heterocycles. The van der Waals surface area contributed by atoms with E-state index in [0.717, 1.165) is 38.2 Å². The number of nitrogens with two attached hydrogens (primary N) is 1. The lowest BCUT2D eigenvalue weighted by Crippen LogP contribution is -2.31. The highest BCUT2D eigenvalue weighted by Crippen LogP contribution is 2.29. The number of nitrogens with zero attached hydrogens (tertiary/aromatic N) is 1. The molecule has 2 nitrogen and oxygen atoms in total. The van der Waals surface area contributed by atoms with Crippen LogP contribution in [0.5, 0.6) is 0 Å². The van der Waals surface area contributed by atoms with Gasteiger partial charge in [-0.05, 0) is 58.6 Å². The quantitative estimate of drug-likeness (QED) is 0.918. The van der Waals surface area contributed by atoms with Crippen LogP contribution >= 0.6 is 28.3 Å². The zero-order chi connectivity index (χ0) is 12.5. The van der Waals surface area contributed by atoms with Crippen molar-refractivity contribution >= 4 is 28.3 Å². The maximum Gasteiger partial charge on any atom is 0.137 e. The van der Waals surface area contributed by atoms with Gasteiger partial charge >= 0.3 is 0 Å². The Morgan fingerprint density at radius 3 is 2.78 bits per heavy atom. The number of benzene rings is 1. The summed E-state index contributed by atoms with van der Waals surface area (Å²) in [5.74, 6) is -0.207. The highest BCUT2D eigenvalue weighted by molar-refractivity contribution is 9.10. The van der Waals surface area contributed by atoms with Crippen molar-refractivity contribution < 1.29 is 4.39 Å². The van der Waals surface area contributed by atoms with E-state index in [-0.39, 0.29) is 23.6 Å². The first-order chi connectivity index (χ1) is 8.02. The van der Waals surface area contributed by atoms with E-state index >= 15 is 0 Å². The smallest absolute Gasteiger partial charge is 0.137 e. The SMILES string of the molecule is CC1(CN)CCN(Cc2ccc(F)c(Br)c2)C1.Cl. The van der Waals surface area contributed by atoms with Crippen LogP contribution in [0.1, 0.15) is 18.9 Å². The first-order valence-electron chi connectivity index (χ1n) is 5.89. The average Bonchev–Trinajstić information content (AvgIpc) is 2.67. The molecule has 0 spiro atoms. The summed E-state index contributed by atoms with van der Waals surface area (Å²) < 4.78 is 13.7. The van der Waals surface area contributed by atoms with Crippen molar-refractivity contribution in [1.82, 2.24) is 4.90 Å². The lowest BCUT2D eigenvalue weighted by molar-refractivity contribution is 0.274. The molecule has 0 aliphatic carbocycles. The van der Waals surface area contributed by atoms with E-state index in [2.05, 4.69) is 27.8 Å². The molecule has 2 N–H and O–H groups in total. The summed E-state index contributed by atoms with van der Waals surface area (Å²) >= 11 is 3.22. The third-order valence-electron chi connectivity index (χ3n) is 3.52. The monoisotopic (exact) mass is 336 g/mol. The number of hydrogen-bond donors (Lipinski definition) is 1. The molecule has 5 heteroatoms. The Morgan fingerprint density at radius 1 is 1.50 bits per heavy atom. The highest BCUT2D eigenvalue weighted by Gasteiger charge is 2.32. The topological polar surface area (TPSA) is 29.3 Å². The van der Waals surface area contributed by atoms with Crippen LogP contribution in [0.4, 0.5) is 4.39 Å². The van der Waals surface area contributed by atoms with Gasteiger partial charge in [-0.1, -0.05) is 13.0 Å². The molecule has 0 radical (unpaired) electrons. The first-order valence-corrected chi connectivity index (χ1v) is 6.68. The number of rotatable bonds is 3. The van der Waals surface area contributed by atoms with Crippen molar-refractivity contribution in [2.45, 2.75) is 19.9 Å². The van der Waals surface area contributed by atoms with Crippen molar-refractivity contribution in [3.8, 4) is 0 Å². The van der Waals surface area contributed by atoms with Gasteiger partial charge in [-0.3, -0.25) is 4.90 Å². The number of likely N-dealkylation sites (tertiary alicyclic amines) is 1. The molecule has 1 fully saturated rings. The van der Waals surface area contributed by atoms with Crippen molar-refractivity contribution in [2.75, 3.05) is 19.6 Å². The third-order valence-corrected chi connectivity index (χ3v) is 4.13. The Kier molecular flexibility index (Phi) is 5.59. The Hall–Kier alpha value is -0.160. The number of hydrogen-bond acceptors (Lipinski definition) is 2. The maximum absolute atomic E-state index is 13.1. The van der Waals surface area contributed by atoms with Gasteiger partial charge in [-0.2, -0.15) is 0 Å². The molecule has 1 aromatic rings. The van der Waals surface area contributed by atoms with Crippen LogP contribution in [-0.2, 0) is 6.54 Å². The highest BCUT2D eigenvalue weighted by atomic mass is 79.9. The summed E-state index contributed by atoms with van der Waals surface area (Å²) in [7, 11) is 0. The van der Waals surface area contributed by atoms with Gasteiger partial charge in [0.25, 0.3) is 0 Å². The van der Waals surface area contributed by atoms with Crippen molar-refractivity contribution in [3.05, 3.63) is 34.1 Å². The van der Waals surface area contributed by atoms with Gasteiger partial charge in [0, 0.05) is 13.1 Å². The van der Waals surface area contributed by atoms with Crippen molar-refractivity contribution in [1.29, 1.82) is 0 Å². The zero-order valence-corrected chi connectivity index (χ0v) is 12.9. The van der Waals surface area contributed by atoms with Crippen molar-refractivity contribution in [2.24, 2.45) is 11.1 Å². The fourth-order valence-electron chi connectivity index (χ4n) is 2.32. The molecule has 18 heavy (non-hydrogen) atoms. The van der Waals surface area contributed by atoms with Crippen LogP contribution in [-0.4, -0.2) is 24.5 Å². The molecular formula is C13H19BrClFN2. The van der Waals surface area contributed by atoms with Gasteiger partial charge in [0.1, 0.15) is 5.82 Å². The van der Waals surface area contributed by atoms with Crippen LogP contribution in [0, 0.1) is 11.2 Å². The zero-order valence-electron chi connectivity index (χ0n) is 10.5. The van der Waals surface area contributed by atoms with Gasteiger partial charge in [0.15, 0.2) is 0 Å². The fourth-order valence-corrected chi connectivity index (χ4v) is 2.75. The summed E-state index contributed by atoms with van der Waals surface area (Å²) in [5.41, 5.74) is 7.17. The second kappa shape index (κ2) is 6.33. The lowest BCUT2D eigenvalue weighted by atomic mass is 9.90. The molecule has 1 unspecified atom stereocenters. The molecule has 2 rings (SSSR count).